The van der Waals surface area contributed by atoms with Gasteiger partial charge in [-0.15, -0.1) is 12.4 Å². The van der Waals surface area contributed by atoms with Crippen LogP contribution in [-0.2, 0) is 4.79 Å². The summed E-state index contributed by atoms with van der Waals surface area (Å²) < 4.78 is 0. The highest BCUT2D eigenvalue weighted by Crippen LogP contribution is 2.30. The fraction of sp³-hybridized carbons (Fsp3) is 0.529. The summed E-state index contributed by atoms with van der Waals surface area (Å²) in [5.74, 6) is 0.328. The zero-order chi connectivity index (χ0) is 15.7. The van der Waals surface area contributed by atoms with Crippen molar-refractivity contribution in [1.29, 1.82) is 0 Å². The Hall–Kier alpha value is -1.59. The molecule has 1 aromatic rings. The number of halogens is 1. The summed E-state index contributed by atoms with van der Waals surface area (Å²) in [7, 11) is 0. The van der Waals surface area contributed by atoms with E-state index >= 15 is 0 Å². The molecule has 1 saturated carbocycles. The molecular weight excluding hydrogens is 314 g/mol. The van der Waals surface area contributed by atoms with Crippen LogP contribution in [0.2, 0.25) is 0 Å². The molecule has 126 valence electrons. The summed E-state index contributed by atoms with van der Waals surface area (Å²) in [4.78, 5) is 26.3. The number of benzene rings is 1. The molecule has 1 aliphatic heterocycles. The van der Waals surface area contributed by atoms with E-state index in [1.54, 1.807) is 12.1 Å². The predicted octanol–water partition coefficient (Wildman–Crippen LogP) is 2.28. The largest absolute Gasteiger partial charge is 0.333 e. The maximum absolute atomic E-state index is 12.6. The molecule has 1 heterocycles. The van der Waals surface area contributed by atoms with Crippen LogP contribution in [0.1, 0.15) is 37.0 Å². The zero-order valence-corrected chi connectivity index (χ0v) is 14.4. The number of hydrogen-bond acceptors (Lipinski definition) is 3. The van der Waals surface area contributed by atoms with Gasteiger partial charge in [0.15, 0.2) is 0 Å². The van der Waals surface area contributed by atoms with E-state index < -0.39 is 0 Å². The van der Waals surface area contributed by atoms with Gasteiger partial charge in [-0.1, -0.05) is 0 Å². The van der Waals surface area contributed by atoms with Gasteiger partial charge in [-0.05, 0) is 51.0 Å². The van der Waals surface area contributed by atoms with Crippen molar-refractivity contribution in [2.24, 2.45) is 5.92 Å². The first kappa shape index (κ1) is 17.8. The lowest BCUT2D eigenvalue weighted by Crippen LogP contribution is -2.57. The highest BCUT2D eigenvalue weighted by molar-refractivity contribution is 5.97. The summed E-state index contributed by atoms with van der Waals surface area (Å²) >= 11 is 0. The molecule has 2 fully saturated rings. The van der Waals surface area contributed by atoms with Crippen molar-refractivity contribution in [3.63, 3.8) is 0 Å². The summed E-state index contributed by atoms with van der Waals surface area (Å²) in [6, 6.07) is 7.69. The standard InChI is InChI=1S/C17H23N3O2.ClH/c1-11-12(2)20(10-9-18-11)17(22)14-5-7-15(8-6-14)19-16(21)13-3-4-13;/h5-8,11-13,18H,3-4,9-10H2,1-2H3,(H,19,21);1H. The minimum Gasteiger partial charge on any atom is -0.333 e. The van der Waals surface area contributed by atoms with Crippen molar-refractivity contribution in [2.75, 3.05) is 18.4 Å². The molecular formula is C17H24ClN3O2. The molecule has 3 rings (SSSR count). The third-order valence-electron chi connectivity index (χ3n) is 4.64. The molecule has 0 spiro atoms. The van der Waals surface area contributed by atoms with Gasteiger partial charge in [0.05, 0.1) is 0 Å². The van der Waals surface area contributed by atoms with Gasteiger partial charge in [0.2, 0.25) is 5.91 Å². The first-order valence-corrected chi connectivity index (χ1v) is 8.01. The second kappa shape index (κ2) is 7.32. The Labute approximate surface area is 143 Å². The van der Waals surface area contributed by atoms with Crippen molar-refractivity contribution in [1.82, 2.24) is 10.2 Å². The van der Waals surface area contributed by atoms with Gasteiger partial charge in [-0.2, -0.15) is 0 Å². The highest BCUT2D eigenvalue weighted by Gasteiger charge is 2.30. The second-order valence-corrected chi connectivity index (χ2v) is 6.32. The summed E-state index contributed by atoms with van der Waals surface area (Å²) in [6.45, 7) is 5.72. The highest BCUT2D eigenvalue weighted by atomic mass is 35.5. The molecule has 1 aromatic carbocycles. The lowest BCUT2D eigenvalue weighted by Gasteiger charge is -2.38. The number of hydrogen-bond donors (Lipinski definition) is 2. The molecule has 2 amide bonds. The van der Waals surface area contributed by atoms with Crippen LogP contribution in [0.3, 0.4) is 0 Å². The van der Waals surface area contributed by atoms with Crippen molar-refractivity contribution in [3.8, 4) is 0 Å². The fourth-order valence-corrected chi connectivity index (χ4v) is 2.80. The van der Waals surface area contributed by atoms with Gasteiger partial charge >= 0.3 is 0 Å². The summed E-state index contributed by atoms with van der Waals surface area (Å²) in [6.07, 6.45) is 1.98. The van der Waals surface area contributed by atoms with Crippen LogP contribution < -0.4 is 10.6 Å². The molecule has 2 atom stereocenters. The number of amides is 2. The Morgan fingerprint density at radius 3 is 2.43 bits per heavy atom. The number of carbonyl (C=O) groups is 2. The third kappa shape index (κ3) is 4.03. The van der Waals surface area contributed by atoms with Crippen LogP contribution in [0.25, 0.3) is 0 Å². The van der Waals surface area contributed by atoms with E-state index in [0.717, 1.165) is 31.6 Å². The second-order valence-electron chi connectivity index (χ2n) is 6.32. The van der Waals surface area contributed by atoms with Gasteiger partial charge in [-0.25, -0.2) is 0 Å². The molecule has 0 aromatic heterocycles. The van der Waals surface area contributed by atoms with Gasteiger partial charge < -0.3 is 15.5 Å². The van der Waals surface area contributed by atoms with Crippen LogP contribution in [0.15, 0.2) is 24.3 Å². The topological polar surface area (TPSA) is 61.4 Å². The molecule has 1 saturated heterocycles. The van der Waals surface area contributed by atoms with Crippen LogP contribution in [0.4, 0.5) is 5.69 Å². The number of piperazine rings is 1. The van der Waals surface area contributed by atoms with E-state index in [1.807, 2.05) is 17.0 Å². The molecule has 5 nitrogen and oxygen atoms in total. The van der Waals surface area contributed by atoms with Gasteiger partial charge in [0.1, 0.15) is 0 Å². The Balaban J connectivity index is 0.00000192. The fourth-order valence-electron chi connectivity index (χ4n) is 2.80. The summed E-state index contributed by atoms with van der Waals surface area (Å²) in [5.41, 5.74) is 1.43. The smallest absolute Gasteiger partial charge is 0.254 e. The molecule has 0 bridgehead atoms. The first-order valence-electron chi connectivity index (χ1n) is 8.01. The Kier molecular flexibility index (Phi) is 5.65. The van der Waals surface area contributed by atoms with E-state index in [0.29, 0.717) is 11.6 Å². The third-order valence-corrected chi connectivity index (χ3v) is 4.64. The van der Waals surface area contributed by atoms with Crippen molar-refractivity contribution in [2.45, 2.75) is 38.8 Å². The van der Waals surface area contributed by atoms with Gasteiger partial charge in [0, 0.05) is 42.3 Å². The summed E-state index contributed by atoms with van der Waals surface area (Å²) in [5, 5.41) is 6.27. The predicted molar refractivity (Wildman–Crippen MR) is 93.0 cm³/mol. The molecule has 1 aliphatic carbocycles. The van der Waals surface area contributed by atoms with Crippen LogP contribution in [0.5, 0.6) is 0 Å². The Morgan fingerprint density at radius 2 is 1.83 bits per heavy atom. The molecule has 6 heteroatoms. The molecule has 0 radical (unpaired) electrons. The SMILES string of the molecule is CC1NCCN(C(=O)c2ccc(NC(=O)C3CC3)cc2)C1C.Cl. The first-order chi connectivity index (χ1) is 10.6. The zero-order valence-electron chi connectivity index (χ0n) is 13.5. The number of carbonyl (C=O) groups excluding carboxylic acids is 2. The quantitative estimate of drug-likeness (QED) is 0.889. The number of nitrogens with zero attached hydrogens (tertiary/aromatic N) is 1. The van der Waals surface area contributed by atoms with Crippen molar-refractivity contribution < 1.29 is 9.59 Å². The Morgan fingerprint density at radius 1 is 1.17 bits per heavy atom. The number of anilines is 1. The average Bonchev–Trinajstić information content (AvgIpc) is 3.35. The van der Waals surface area contributed by atoms with E-state index in [4.69, 9.17) is 0 Å². The normalized spacial score (nSPS) is 23.8. The lowest BCUT2D eigenvalue weighted by atomic mass is 10.1. The van der Waals surface area contributed by atoms with E-state index in [1.165, 1.54) is 0 Å². The van der Waals surface area contributed by atoms with Crippen molar-refractivity contribution in [3.05, 3.63) is 29.8 Å². The van der Waals surface area contributed by atoms with E-state index in [2.05, 4.69) is 24.5 Å². The van der Waals surface area contributed by atoms with E-state index in [9.17, 15) is 9.59 Å². The maximum Gasteiger partial charge on any atom is 0.254 e. The van der Waals surface area contributed by atoms with E-state index in [-0.39, 0.29) is 36.2 Å². The van der Waals surface area contributed by atoms with Crippen LogP contribution in [0, 0.1) is 5.92 Å². The van der Waals surface area contributed by atoms with Gasteiger partial charge in [-0.3, -0.25) is 9.59 Å². The number of nitrogens with one attached hydrogen (secondary N) is 2. The number of rotatable bonds is 3. The monoisotopic (exact) mass is 337 g/mol. The Bertz CT molecular complexity index is 572. The molecule has 2 unspecified atom stereocenters. The van der Waals surface area contributed by atoms with Crippen molar-refractivity contribution >= 4 is 29.9 Å². The maximum atomic E-state index is 12.6. The minimum absolute atomic E-state index is 0. The molecule has 23 heavy (non-hydrogen) atoms. The van der Waals surface area contributed by atoms with Crippen LogP contribution >= 0.6 is 12.4 Å². The lowest BCUT2D eigenvalue weighted by molar-refractivity contribution is -0.117. The minimum atomic E-state index is 0. The molecule has 2 aliphatic rings. The van der Waals surface area contributed by atoms with Crippen LogP contribution in [-0.4, -0.2) is 41.9 Å². The van der Waals surface area contributed by atoms with Gasteiger partial charge in [0.25, 0.3) is 5.91 Å². The molecule has 2 N–H and O–H groups in total. The average molecular weight is 338 g/mol.